The number of hydrogen-bond acceptors (Lipinski definition) is 4. The number of alkyl carbamates (subject to hydrolysis) is 1. The van der Waals surface area contributed by atoms with Crippen molar-refractivity contribution in [3.05, 3.63) is 59.7 Å². The van der Waals surface area contributed by atoms with E-state index in [9.17, 15) is 19.5 Å². The predicted molar refractivity (Wildman–Crippen MR) is 128 cm³/mol. The average Bonchev–Trinajstić information content (AvgIpc) is 3.38. The number of carbonyl (C=O) groups is 3. The van der Waals surface area contributed by atoms with E-state index in [1.807, 2.05) is 38.1 Å². The number of aliphatic carboxylic acids is 1. The van der Waals surface area contributed by atoms with Crippen molar-refractivity contribution < 1.29 is 24.2 Å². The zero-order chi connectivity index (χ0) is 24.2. The van der Waals surface area contributed by atoms with Gasteiger partial charge < -0.3 is 20.1 Å². The first kappa shape index (κ1) is 23.8. The molecule has 3 atom stereocenters. The fourth-order valence-electron chi connectivity index (χ4n) is 5.11. The van der Waals surface area contributed by atoms with Gasteiger partial charge in [0.25, 0.3) is 0 Å². The van der Waals surface area contributed by atoms with Gasteiger partial charge in [-0.05, 0) is 34.1 Å². The molecule has 1 aliphatic heterocycles. The molecule has 7 nitrogen and oxygen atoms in total. The number of benzene rings is 2. The fourth-order valence-corrected chi connectivity index (χ4v) is 5.11. The van der Waals surface area contributed by atoms with Gasteiger partial charge in [-0.2, -0.15) is 0 Å². The fraction of sp³-hybridized carbons (Fsp3) is 0.444. The Balaban J connectivity index is 1.28. The third-order valence-corrected chi connectivity index (χ3v) is 7.20. The molecule has 34 heavy (non-hydrogen) atoms. The number of nitrogens with one attached hydrogen (secondary N) is 1. The van der Waals surface area contributed by atoms with Gasteiger partial charge in [-0.1, -0.05) is 68.8 Å². The van der Waals surface area contributed by atoms with E-state index in [2.05, 4.69) is 29.6 Å². The molecule has 1 aliphatic carbocycles. The van der Waals surface area contributed by atoms with E-state index >= 15 is 0 Å². The van der Waals surface area contributed by atoms with Gasteiger partial charge in [-0.3, -0.25) is 9.59 Å². The molecule has 2 aliphatic rings. The van der Waals surface area contributed by atoms with Crippen molar-refractivity contribution in [2.75, 3.05) is 26.2 Å². The minimum Gasteiger partial charge on any atom is -0.481 e. The van der Waals surface area contributed by atoms with Crippen LogP contribution in [0.1, 0.15) is 43.7 Å². The average molecular weight is 465 g/mol. The Morgan fingerprint density at radius 1 is 1.06 bits per heavy atom. The van der Waals surface area contributed by atoms with Crippen LogP contribution in [-0.4, -0.2) is 54.2 Å². The summed E-state index contributed by atoms with van der Waals surface area (Å²) in [5.74, 6) is -1.51. The number of carboxylic acid groups (broad SMARTS) is 1. The van der Waals surface area contributed by atoms with E-state index in [0.717, 1.165) is 17.5 Å². The van der Waals surface area contributed by atoms with Gasteiger partial charge in [0.05, 0.1) is 5.92 Å². The number of carboxylic acids is 1. The van der Waals surface area contributed by atoms with E-state index in [4.69, 9.17) is 4.74 Å². The molecule has 1 saturated heterocycles. The van der Waals surface area contributed by atoms with Crippen LogP contribution < -0.4 is 5.32 Å². The lowest BCUT2D eigenvalue weighted by Gasteiger charge is -2.21. The summed E-state index contributed by atoms with van der Waals surface area (Å²) < 4.78 is 5.58. The van der Waals surface area contributed by atoms with Gasteiger partial charge in [0.15, 0.2) is 0 Å². The number of fused-ring (bicyclic) bond motifs is 3. The van der Waals surface area contributed by atoms with Crippen LogP contribution in [0.5, 0.6) is 0 Å². The zero-order valence-electron chi connectivity index (χ0n) is 19.7. The van der Waals surface area contributed by atoms with Gasteiger partial charge >= 0.3 is 12.1 Å². The molecule has 180 valence electrons. The Bertz CT molecular complexity index is 1020. The summed E-state index contributed by atoms with van der Waals surface area (Å²) in [4.78, 5) is 38.1. The van der Waals surface area contributed by atoms with Crippen molar-refractivity contribution in [1.82, 2.24) is 10.2 Å². The number of amides is 2. The van der Waals surface area contributed by atoms with Gasteiger partial charge in [0.1, 0.15) is 6.61 Å². The Hall–Kier alpha value is -3.35. The molecule has 7 heteroatoms. The van der Waals surface area contributed by atoms with Crippen LogP contribution in [-0.2, 0) is 14.3 Å². The van der Waals surface area contributed by atoms with Crippen molar-refractivity contribution in [2.45, 2.75) is 32.6 Å². The highest BCUT2D eigenvalue weighted by molar-refractivity contribution is 5.80. The van der Waals surface area contributed by atoms with Crippen LogP contribution in [0.15, 0.2) is 48.5 Å². The lowest BCUT2D eigenvalue weighted by atomic mass is 9.98. The van der Waals surface area contributed by atoms with Crippen molar-refractivity contribution in [3.63, 3.8) is 0 Å². The van der Waals surface area contributed by atoms with Crippen molar-refractivity contribution >= 4 is 18.0 Å². The third kappa shape index (κ3) is 4.93. The summed E-state index contributed by atoms with van der Waals surface area (Å²) in [5, 5.41) is 12.1. The molecule has 0 aromatic heterocycles. The van der Waals surface area contributed by atoms with Crippen LogP contribution in [0.2, 0.25) is 0 Å². The molecule has 2 aromatic carbocycles. The Labute approximate surface area is 200 Å². The van der Waals surface area contributed by atoms with Crippen molar-refractivity contribution in [1.29, 1.82) is 0 Å². The second-order valence-electron chi connectivity index (χ2n) is 9.41. The number of likely N-dealkylation sites (tertiary alicyclic amines) is 1. The molecule has 0 saturated carbocycles. The van der Waals surface area contributed by atoms with E-state index in [1.54, 1.807) is 4.90 Å². The molecule has 0 radical (unpaired) electrons. The second kappa shape index (κ2) is 10.3. The van der Waals surface area contributed by atoms with Gasteiger partial charge in [-0.25, -0.2) is 4.79 Å². The van der Waals surface area contributed by atoms with Crippen LogP contribution in [0, 0.1) is 17.8 Å². The standard InChI is InChI=1S/C27H32N2O5/c1-3-18(12-25(30)29-14-17(2)23(15-29)26(31)32)13-28-27(33)34-16-24-21-10-6-4-8-19(21)20-9-5-7-11-22(20)24/h4-11,17-18,23-24H,3,12-16H2,1-2H3,(H,28,33)(H,31,32)/t17-,18?,23-/m1/s1. The summed E-state index contributed by atoms with van der Waals surface area (Å²) in [5.41, 5.74) is 4.68. The molecule has 0 bridgehead atoms. The molecular formula is C27H32N2O5. The zero-order valence-corrected chi connectivity index (χ0v) is 19.7. The van der Waals surface area contributed by atoms with E-state index in [-0.39, 0.29) is 43.2 Å². The lowest BCUT2D eigenvalue weighted by Crippen LogP contribution is -2.35. The highest BCUT2D eigenvalue weighted by Crippen LogP contribution is 2.44. The molecule has 1 fully saturated rings. The maximum atomic E-state index is 12.7. The van der Waals surface area contributed by atoms with Crippen LogP contribution >= 0.6 is 0 Å². The van der Waals surface area contributed by atoms with Crippen molar-refractivity contribution in [3.8, 4) is 11.1 Å². The largest absolute Gasteiger partial charge is 0.481 e. The predicted octanol–water partition coefficient (Wildman–Crippen LogP) is 4.12. The summed E-state index contributed by atoms with van der Waals surface area (Å²) in [6.07, 6.45) is 0.508. The first-order valence-corrected chi connectivity index (χ1v) is 12.0. The molecule has 4 rings (SSSR count). The van der Waals surface area contributed by atoms with E-state index in [1.165, 1.54) is 11.1 Å². The molecule has 2 aromatic rings. The minimum atomic E-state index is -0.855. The lowest BCUT2D eigenvalue weighted by molar-refractivity contribution is -0.142. The quantitative estimate of drug-likeness (QED) is 0.613. The molecule has 2 amide bonds. The van der Waals surface area contributed by atoms with Crippen LogP contribution in [0.4, 0.5) is 4.79 Å². The Morgan fingerprint density at radius 3 is 2.24 bits per heavy atom. The number of ether oxygens (including phenoxy) is 1. The smallest absolute Gasteiger partial charge is 0.407 e. The summed E-state index contributed by atoms with van der Waals surface area (Å²) in [6.45, 7) is 5.15. The summed E-state index contributed by atoms with van der Waals surface area (Å²) >= 11 is 0. The third-order valence-electron chi connectivity index (χ3n) is 7.20. The molecule has 1 heterocycles. The van der Waals surface area contributed by atoms with Crippen LogP contribution in [0.25, 0.3) is 11.1 Å². The Kier molecular flexibility index (Phi) is 7.20. The minimum absolute atomic E-state index is 0.000960. The summed E-state index contributed by atoms with van der Waals surface area (Å²) in [7, 11) is 0. The van der Waals surface area contributed by atoms with Crippen molar-refractivity contribution in [2.24, 2.45) is 17.8 Å². The normalized spacial score (nSPS) is 19.9. The number of nitrogens with zero attached hydrogens (tertiary/aromatic N) is 1. The first-order valence-electron chi connectivity index (χ1n) is 12.0. The topological polar surface area (TPSA) is 95.9 Å². The van der Waals surface area contributed by atoms with Crippen LogP contribution in [0.3, 0.4) is 0 Å². The summed E-state index contributed by atoms with van der Waals surface area (Å²) in [6, 6.07) is 16.4. The monoisotopic (exact) mass is 464 g/mol. The highest BCUT2D eigenvalue weighted by Gasteiger charge is 2.37. The molecule has 2 N–H and O–H groups in total. The van der Waals surface area contributed by atoms with Gasteiger partial charge in [0.2, 0.25) is 5.91 Å². The van der Waals surface area contributed by atoms with E-state index < -0.39 is 18.0 Å². The molecule has 1 unspecified atom stereocenters. The SMILES string of the molecule is CCC(CNC(=O)OCC1c2ccccc2-c2ccccc21)CC(=O)N1C[C@@H](C)[C@H](C(=O)O)C1. The van der Waals surface area contributed by atoms with E-state index in [0.29, 0.717) is 13.1 Å². The number of hydrogen-bond donors (Lipinski definition) is 2. The highest BCUT2D eigenvalue weighted by atomic mass is 16.5. The Morgan fingerprint density at radius 2 is 1.68 bits per heavy atom. The number of carbonyl (C=O) groups excluding carboxylic acids is 2. The maximum absolute atomic E-state index is 12.7. The van der Waals surface area contributed by atoms with Gasteiger partial charge in [-0.15, -0.1) is 0 Å². The number of rotatable bonds is 8. The maximum Gasteiger partial charge on any atom is 0.407 e. The second-order valence-corrected chi connectivity index (χ2v) is 9.41. The molecular weight excluding hydrogens is 432 g/mol. The molecule has 0 spiro atoms. The first-order chi connectivity index (χ1) is 16.4. The van der Waals surface area contributed by atoms with Gasteiger partial charge in [0, 0.05) is 32.0 Å².